The zero-order valence-electron chi connectivity index (χ0n) is 10.7. The maximum Gasteiger partial charge on any atom is 0.124 e. The first-order valence-electron chi connectivity index (χ1n) is 6.41. The van der Waals surface area contributed by atoms with Crippen LogP contribution in [-0.2, 0) is 6.54 Å². The Balaban J connectivity index is 2.03. The monoisotopic (exact) mass is 313 g/mol. The van der Waals surface area contributed by atoms with E-state index in [1.54, 1.807) is 0 Å². The fourth-order valence-corrected chi connectivity index (χ4v) is 2.82. The number of benzene rings is 1. The van der Waals surface area contributed by atoms with Crippen LogP contribution in [0.1, 0.15) is 31.2 Å². The molecule has 1 aliphatic rings. The number of halogens is 1. The molecule has 0 aromatic heterocycles. The van der Waals surface area contributed by atoms with Crippen molar-refractivity contribution in [3.05, 3.63) is 28.2 Å². The molecule has 1 fully saturated rings. The van der Waals surface area contributed by atoms with Gasteiger partial charge in [0.2, 0.25) is 0 Å². The number of rotatable bonds is 5. The highest BCUT2D eigenvalue weighted by Crippen LogP contribution is 2.31. The van der Waals surface area contributed by atoms with Gasteiger partial charge in [-0.2, -0.15) is 0 Å². The molecule has 1 aliphatic carbocycles. The highest BCUT2D eigenvalue weighted by molar-refractivity contribution is 9.10. The Morgan fingerprint density at radius 3 is 2.78 bits per heavy atom. The number of ether oxygens (including phenoxy) is 1. The van der Waals surface area contributed by atoms with Crippen molar-refractivity contribution in [3.8, 4) is 5.75 Å². The summed E-state index contributed by atoms with van der Waals surface area (Å²) in [6.45, 7) is 1.15. The van der Waals surface area contributed by atoms with E-state index in [1.165, 1.54) is 0 Å². The number of nitrogens with one attached hydrogen (secondary N) is 1. The van der Waals surface area contributed by atoms with E-state index in [1.807, 2.05) is 25.2 Å². The predicted molar refractivity (Wildman–Crippen MR) is 75.8 cm³/mol. The van der Waals surface area contributed by atoms with Gasteiger partial charge in [0.05, 0.1) is 5.60 Å². The second-order valence-corrected chi connectivity index (χ2v) is 5.92. The minimum absolute atomic E-state index is 0.394. The molecule has 0 atom stereocenters. The molecule has 0 amide bonds. The Labute approximate surface area is 117 Å². The van der Waals surface area contributed by atoms with Crippen molar-refractivity contribution < 1.29 is 9.84 Å². The molecule has 0 spiro atoms. The minimum atomic E-state index is -0.621. The van der Waals surface area contributed by atoms with Crippen molar-refractivity contribution >= 4 is 15.9 Å². The minimum Gasteiger partial charge on any atom is -0.490 e. The van der Waals surface area contributed by atoms with Gasteiger partial charge in [-0.3, -0.25) is 0 Å². The highest BCUT2D eigenvalue weighted by Gasteiger charge is 2.32. The zero-order valence-corrected chi connectivity index (χ0v) is 12.3. The summed E-state index contributed by atoms with van der Waals surface area (Å²) >= 11 is 3.46. The molecule has 0 saturated heterocycles. The van der Waals surface area contributed by atoms with Crippen LogP contribution in [0, 0.1) is 0 Å². The molecule has 0 radical (unpaired) electrons. The normalized spacial score (nSPS) is 17.9. The summed E-state index contributed by atoms with van der Waals surface area (Å²) < 4.78 is 6.86. The van der Waals surface area contributed by atoms with E-state index in [-0.39, 0.29) is 0 Å². The summed E-state index contributed by atoms with van der Waals surface area (Å²) in [6.07, 6.45) is 3.91. The SMILES string of the molecule is CNCc1cc(Br)ccc1OCC1(O)CCCC1. The highest BCUT2D eigenvalue weighted by atomic mass is 79.9. The lowest BCUT2D eigenvalue weighted by atomic mass is 10.0. The van der Waals surface area contributed by atoms with Crippen LogP contribution in [0.4, 0.5) is 0 Å². The summed E-state index contributed by atoms with van der Waals surface area (Å²) in [7, 11) is 1.91. The zero-order chi connectivity index (χ0) is 13.0. The first kappa shape index (κ1) is 13.8. The van der Waals surface area contributed by atoms with Gasteiger partial charge in [0.25, 0.3) is 0 Å². The van der Waals surface area contributed by atoms with Gasteiger partial charge in [-0.05, 0) is 38.1 Å². The molecule has 0 aliphatic heterocycles. The Morgan fingerprint density at radius 1 is 1.39 bits per heavy atom. The van der Waals surface area contributed by atoms with Gasteiger partial charge in [0.15, 0.2) is 0 Å². The molecule has 3 nitrogen and oxygen atoms in total. The number of hydrogen-bond donors (Lipinski definition) is 2. The molecular formula is C14H20BrNO2. The van der Waals surface area contributed by atoms with Crippen LogP contribution in [0.25, 0.3) is 0 Å². The maximum absolute atomic E-state index is 10.3. The van der Waals surface area contributed by atoms with Crippen LogP contribution >= 0.6 is 15.9 Å². The molecule has 4 heteroatoms. The van der Waals surface area contributed by atoms with Gasteiger partial charge in [-0.1, -0.05) is 28.8 Å². The number of hydrogen-bond acceptors (Lipinski definition) is 3. The van der Waals surface area contributed by atoms with Gasteiger partial charge in [-0.15, -0.1) is 0 Å². The van der Waals surface area contributed by atoms with Gasteiger partial charge in [0.1, 0.15) is 12.4 Å². The van der Waals surface area contributed by atoms with E-state index in [9.17, 15) is 5.11 Å². The van der Waals surface area contributed by atoms with Crippen LogP contribution in [0.15, 0.2) is 22.7 Å². The lowest BCUT2D eigenvalue weighted by Crippen LogP contribution is -2.32. The Morgan fingerprint density at radius 2 is 2.11 bits per heavy atom. The molecule has 2 rings (SSSR count). The molecule has 100 valence electrons. The first-order chi connectivity index (χ1) is 8.63. The smallest absolute Gasteiger partial charge is 0.124 e. The summed E-state index contributed by atoms with van der Waals surface area (Å²) in [5, 5.41) is 13.4. The van der Waals surface area contributed by atoms with Crippen molar-refractivity contribution in [2.45, 2.75) is 37.8 Å². The van der Waals surface area contributed by atoms with Gasteiger partial charge >= 0.3 is 0 Å². The fraction of sp³-hybridized carbons (Fsp3) is 0.571. The lowest BCUT2D eigenvalue weighted by Gasteiger charge is -2.23. The quantitative estimate of drug-likeness (QED) is 0.878. The van der Waals surface area contributed by atoms with Crippen LogP contribution in [0.2, 0.25) is 0 Å². The molecule has 0 bridgehead atoms. The summed E-state index contributed by atoms with van der Waals surface area (Å²) in [5.41, 5.74) is 0.484. The standard InChI is InChI=1S/C14H20BrNO2/c1-16-9-11-8-12(15)4-5-13(11)18-10-14(17)6-2-3-7-14/h4-5,8,16-17H,2-3,6-7,9-10H2,1H3. The lowest BCUT2D eigenvalue weighted by molar-refractivity contribution is 0.00112. The van der Waals surface area contributed by atoms with E-state index >= 15 is 0 Å². The molecule has 1 aromatic carbocycles. The van der Waals surface area contributed by atoms with E-state index < -0.39 is 5.60 Å². The summed E-state index contributed by atoms with van der Waals surface area (Å²) in [5.74, 6) is 0.855. The van der Waals surface area contributed by atoms with Crippen LogP contribution < -0.4 is 10.1 Å². The second kappa shape index (κ2) is 6.04. The van der Waals surface area contributed by atoms with E-state index in [2.05, 4.69) is 21.2 Å². The van der Waals surface area contributed by atoms with Crippen molar-refractivity contribution in [2.75, 3.05) is 13.7 Å². The predicted octanol–water partition coefficient (Wildman–Crippen LogP) is 2.85. The Hall–Kier alpha value is -0.580. The summed E-state index contributed by atoms with van der Waals surface area (Å²) in [6, 6.07) is 5.97. The molecule has 1 saturated carbocycles. The van der Waals surface area contributed by atoms with Gasteiger partial charge in [-0.25, -0.2) is 0 Å². The van der Waals surface area contributed by atoms with Gasteiger partial charge in [0, 0.05) is 16.6 Å². The Kier molecular flexibility index (Phi) is 4.65. The maximum atomic E-state index is 10.3. The van der Waals surface area contributed by atoms with Crippen molar-refractivity contribution in [3.63, 3.8) is 0 Å². The average Bonchev–Trinajstić information content (AvgIpc) is 2.76. The van der Waals surface area contributed by atoms with E-state index in [4.69, 9.17) is 4.74 Å². The molecule has 2 N–H and O–H groups in total. The molecule has 18 heavy (non-hydrogen) atoms. The fourth-order valence-electron chi connectivity index (χ4n) is 2.41. The topological polar surface area (TPSA) is 41.5 Å². The van der Waals surface area contributed by atoms with Crippen molar-refractivity contribution in [2.24, 2.45) is 0 Å². The molecule has 0 unspecified atom stereocenters. The van der Waals surface area contributed by atoms with Crippen LogP contribution in [0.3, 0.4) is 0 Å². The van der Waals surface area contributed by atoms with Crippen molar-refractivity contribution in [1.29, 1.82) is 0 Å². The Bertz CT molecular complexity index is 403. The second-order valence-electron chi connectivity index (χ2n) is 5.00. The largest absolute Gasteiger partial charge is 0.490 e. The summed E-state index contributed by atoms with van der Waals surface area (Å²) in [4.78, 5) is 0. The van der Waals surface area contributed by atoms with Crippen LogP contribution in [0.5, 0.6) is 5.75 Å². The number of aliphatic hydroxyl groups is 1. The molecular weight excluding hydrogens is 294 g/mol. The van der Waals surface area contributed by atoms with Gasteiger partial charge < -0.3 is 15.2 Å². The average molecular weight is 314 g/mol. The molecule has 0 heterocycles. The first-order valence-corrected chi connectivity index (χ1v) is 7.20. The van der Waals surface area contributed by atoms with E-state index in [0.717, 1.165) is 48.0 Å². The third kappa shape index (κ3) is 3.46. The third-order valence-electron chi connectivity index (χ3n) is 3.42. The van der Waals surface area contributed by atoms with E-state index in [0.29, 0.717) is 6.61 Å². The van der Waals surface area contributed by atoms with Crippen molar-refractivity contribution in [1.82, 2.24) is 5.32 Å². The molecule has 1 aromatic rings. The third-order valence-corrected chi connectivity index (χ3v) is 3.91. The van der Waals surface area contributed by atoms with Crippen LogP contribution in [-0.4, -0.2) is 24.4 Å².